The minimum atomic E-state index is 0.186. The largest absolute Gasteiger partial charge is 0.454 e. The van der Waals surface area contributed by atoms with Crippen molar-refractivity contribution in [1.82, 2.24) is 5.32 Å². The van der Waals surface area contributed by atoms with Crippen LogP contribution in [0.5, 0.6) is 11.5 Å². The summed E-state index contributed by atoms with van der Waals surface area (Å²) in [6, 6.07) is 10.2. The standard InChI is InChI=1S/C8H11NO2.C7H6O2/c1-2-9-6-5-11-7-3-4-10-8(6)7;1-2-4-7-6(3-1)8-5-9-7/h1,6-9H,3-5H2;1-4H,5H2/t6-,7+,8+;/m0./s1. The van der Waals surface area contributed by atoms with E-state index in [0.717, 1.165) is 24.5 Å². The van der Waals surface area contributed by atoms with Crippen LogP contribution in [0.15, 0.2) is 24.3 Å². The molecule has 2 saturated heterocycles. The Labute approximate surface area is 118 Å². The van der Waals surface area contributed by atoms with Gasteiger partial charge in [0.1, 0.15) is 6.10 Å². The van der Waals surface area contributed by atoms with Gasteiger partial charge in [-0.2, -0.15) is 0 Å². The van der Waals surface area contributed by atoms with Gasteiger partial charge in [0.2, 0.25) is 6.79 Å². The van der Waals surface area contributed by atoms with Crippen molar-refractivity contribution < 1.29 is 18.9 Å². The molecule has 0 bridgehead atoms. The van der Waals surface area contributed by atoms with Crippen LogP contribution in [-0.2, 0) is 9.47 Å². The SMILES string of the molecule is C#CN[C@H]1CO[C@@H]2CCO[C@H]12.c1ccc2c(c1)OCO2. The number of terminal acetylenes is 1. The molecule has 0 spiro atoms. The molecule has 0 aliphatic carbocycles. The Morgan fingerprint density at radius 2 is 1.90 bits per heavy atom. The fourth-order valence-electron chi connectivity index (χ4n) is 2.54. The topological polar surface area (TPSA) is 49.0 Å². The molecule has 2 fully saturated rings. The van der Waals surface area contributed by atoms with Crippen LogP contribution in [0.25, 0.3) is 0 Å². The number of fused-ring (bicyclic) bond motifs is 2. The van der Waals surface area contributed by atoms with Crippen LogP contribution < -0.4 is 14.8 Å². The fraction of sp³-hybridized carbons (Fsp3) is 0.467. The summed E-state index contributed by atoms with van der Waals surface area (Å²) in [5.41, 5.74) is 0. The van der Waals surface area contributed by atoms with Crippen LogP contribution in [-0.4, -0.2) is 38.3 Å². The Hall–Kier alpha value is -1.90. The molecule has 0 amide bonds. The number of hydrogen-bond donors (Lipinski definition) is 1. The number of benzene rings is 1. The van der Waals surface area contributed by atoms with Gasteiger partial charge in [0.05, 0.1) is 18.8 Å². The van der Waals surface area contributed by atoms with Gasteiger partial charge in [0.25, 0.3) is 0 Å². The fourth-order valence-corrected chi connectivity index (χ4v) is 2.54. The molecule has 0 aromatic heterocycles. The summed E-state index contributed by atoms with van der Waals surface area (Å²) < 4.78 is 21.1. The molecule has 3 heterocycles. The van der Waals surface area contributed by atoms with E-state index < -0.39 is 0 Å². The summed E-state index contributed by atoms with van der Waals surface area (Å²) in [4.78, 5) is 0. The minimum Gasteiger partial charge on any atom is -0.454 e. The molecule has 0 saturated carbocycles. The molecule has 1 N–H and O–H groups in total. The van der Waals surface area contributed by atoms with E-state index in [9.17, 15) is 0 Å². The number of ether oxygens (including phenoxy) is 4. The normalized spacial score (nSPS) is 29.1. The molecule has 3 atom stereocenters. The summed E-state index contributed by atoms with van der Waals surface area (Å²) in [6.45, 7) is 1.84. The third kappa shape index (κ3) is 2.67. The summed E-state index contributed by atoms with van der Waals surface area (Å²) in [6.07, 6.45) is 6.59. The van der Waals surface area contributed by atoms with Crippen LogP contribution in [0.3, 0.4) is 0 Å². The van der Waals surface area contributed by atoms with E-state index in [1.165, 1.54) is 0 Å². The van der Waals surface area contributed by atoms with Gasteiger partial charge in [-0.25, -0.2) is 0 Å². The zero-order chi connectivity index (χ0) is 13.8. The van der Waals surface area contributed by atoms with Gasteiger partial charge >= 0.3 is 0 Å². The van der Waals surface area contributed by atoms with E-state index in [4.69, 9.17) is 25.4 Å². The zero-order valence-electron chi connectivity index (χ0n) is 11.1. The minimum absolute atomic E-state index is 0.186. The highest BCUT2D eigenvalue weighted by atomic mass is 16.7. The van der Waals surface area contributed by atoms with Crippen molar-refractivity contribution in [2.75, 3.05) is 20.0 Å². The van der Waals surface area contributed by atoms with Crippen molar-refractivity contribution in [2.45, 2.75) is 24.7 Å². The van der Waals surface area contributed by atoms with E-state index in [2.05, 4.69) is 11.4 Å². The number of hydrogen-bond acceptors (Lipinski definition) is 5. The van der Waals surface area contributed by atoms with Crippen molar-refractivity contribution >= 4 is 0 Å². The Morgan fingerprint density at radius 1 is 1.15 bits per heavy atom. The molecule has 1 aromatic rings. The lowest BCUT2D eigenvalue weighted by Gasteiger charge is -2.13. The summed E-state index contributed by atoms with van der Waals surface area (Å²) in [5.74, 6) is 1.69. The third-order valence-corrected chi connectivity index (χ3v) is 3.51. The maximum absolute atomic E-state index is 5.46. The molecule has 5 nitrogen and oxygen atoms in total. The first-order chi connectivity index (χ1) is 9.88. The highest BCUT2D eigenvalue weighted by Crippen LogP contribution is 2.30. The molecule has 4 rings (SSSR count). The first kappa shape index (κ1) is 13.1. The van der Waals surface area contributed by atoms with E-state index in [0.29, 0.717) is 13.4 Å². The molecule has 3 aliphatic heterocycles. The van der Waals surface area contributed by atoms with Crippen molar-refractivity contribution in [3.05, 3.63) is 24.3 Å². The molecular formula is C15H17NO4. The lowest BCUT2D eigenvalue weighted by molar-refractivity contribution is 0.0695. The monoisotopic (exact) mass is 275 g/mol. The van der Waals surface area contributed by atoms with Gasteiger partial charge in [-0.3, -0.25) is 0 Å². The predicted octanol–water partition coefficient (Wildman–Crippen LogP) is 1.14. The molecule has 20 heavy (non-hydrogen) atoms. The van der Waals surface area contributed by atoms with Crippen LogP contribution in [0.1, 0.15) is 6.42 Å². The van der Waals surface area contributed by atoms with Gasteiger partial charge in [0.15, 0.2) is 11.5 Å². The van der Waals surface area contributed by atoms with Gasteiger partial charge in [-0.1, -0.05) is 18.6 Å². The Bertz CT molecular complexity index is 476. The maximum Gasteiger partial charge on any atom is 0.231 e. The Morgan fingerprint density at radius 3 is 2.60 bits per heavy atom. The van der Waals surface area contributed by atoms with E-state index in [1.807, 2.05) is 24.3 Å². The summed E-state index contributed by atoms with van der Waals surface area (Å²) >= 11 is 0. The van der Waals surface area contributed by atoms with Crippen LogP contribution in [0.2, 0.25) is 0 Å². The highest BCUT2D eigenvalue weighted by Gasteiger charge is 2.41. The highest BCUT2D eigenvalue weighted by molar-refractivity contribution is 5.40. The van der Waals surface area contributed by atoms with Crippen molar-refractivity contribution in [3.8, 4) is 24.0 Å². The smallest absolute Gasteiger partial charge is 0.231 e. The van der Waals surface area contributed by atoms with Crippen LogP contribution >= 0.6 is 0 Å². The van der Waals surface area contributed by atoms with Crippen LogP contribution in [0.4, 0.5) is 0 Å². The van der Waals surface area contributed by atoms with E-state index >= 15 is 0 Å². The first-order valence-electron chi connectivity index (χ1n) is 6.67. The quantitative estimate of drug-likeness (QED) is 0.615. The van der Waals surface area contributed by atoms with Crippen molar-refractivity contribution in [2.24, 2.45) is 0 Å². The van der Waals surface area contributed by atoms with Gasteiger partial charge in [0, 0.05) is 12.7 Å². The number of rotatable bonds is 1. The van der Waals surface area contributed by atoms with Crippen LogP contribution in [0, 0.1) is 12.5 Å². The molecule has 1 aromatic carbocycles. The lowest BCUT2D eigenvalue weighted by Crippen LogP contribution is -2.37. The van der Waals surface area contributed by atoms with Gasteiger partial charge in [-0.05, 0) is 18.6 Å². The van der Waals surface area contributed by atoms with Gasteiger partial charge in [-0.15, -0.1) is 0 Å². The predicted molar refractivity (Wildman–Crippen MR) is 72.4 cm³/mol. The maximum atomic E-state index is 5.46. The van der Waals surface area contributed by atoms with Crippen molar-refractivity contribution in [3.63, 3.8) is 0 Å². The molecule has 3 aliphatic rings. The number of para-hydroxylation sites is 2. The molecular weight excluding hydrogens is 258 g/mol. The molecule has 0 radical (unpaired) electrons. The molecule has 0 unspecified atom stereocenters. The number of nitrogens with one attached hydrogen (secondary N) is 1. The Kier molecular flexibility index (Phi) is 3.95. The van der Waals surface area contributed by atoms with Crippen molar-refractivity contribution in [1.29, 1.82) is 0 Å². The first-order valence-corrected chi connectivity index (χ1v) is 6.67. The second-order valence-electron chi connectivity index (χ2n) is 4.74. The third-order valence-electron chi connectivity index (χ3n) is 3.51. The van der Waals surface area contributed by atoms with E-state index in [-0.39, 0.29) is 18.2 Å². The summed E-state index contributed by atoms with van der Waals surface area (Å²) in [5, 5.41) is 2.89. The Balaban J connectivity index is 0.000000123. The lowest BCUT2D eigenvalue weighted by atomic mass is 10.1. The molecule has 5 heteroatoms. The van der Waals surface area contributed by atoms with E-state index in [1.54, 1.807) is 0 Å². The molecule has 106 valence electrons. The average Bonchev–Trinajstić information content (AvgIpc) is 3.16. The van der Waals surface area contributed by atoms with Gasteiger partial charge < -0.3 is 24.3 Å². The average molecular weight is 275 g/mol. The summed E-state index contributed by atoms with van der Waals surface area (Å²) in [7, 11) is 0. The second kappa shape index (κ2) is 6.04. The zero-order valence-corrected chi connectivity index (χ0v) is 11.1. The second-order valence-corrected chi connectivity index (χ2v) is 4.74.